The van der Waals surface area contributed by atoms with Crippen molar-refractivity contribution in [3.63, 3.8) is 0 Å². The molecule has 0 atom stereocenters. The van der Waals surface area contributed by atoms with Crippen LogP contribution in [0.4, 0.5) is 16.2 Å². The second kappa shape index (κ2) is 6.93. The molecule has 0 spiro atoms. The number of hydrogen-bond donors (Lipinski definition) is 1. The van der Waals surface area contributed by atoms with E-state index < -0.39 is 17.7 Å². The van der Waals surface area contributed by atoms with Crippen molar-refractivity contribution in [2.45, 2.75) is 32.8 Å². The fourth-order valence-corrected chi connectivity index (χ4v) is 3.25. The van der Waals surface area contributed by atoms with E-state index in [1.54, 1.807) is 15.5 Å². The highest BCUT2D eigenvalue weighted by atomic mass is 16.6. The van der Waals surface area contributed by atoms with E-state index in [2.05, 4.69) is 0 Å². The number of anilines is 2. The number of amides is 1. The van der Waals surface area contributed by atoms with Gasteiger partial charge in [0.25, 0.3) is 0 Å². The number of hydrogen-bond acceptors (Lipinski definition) is 6. The van der Waals surface area contributed by atoms with Gasteiger partial charge in [-0.3, -0.25) is 4.90 Å². The van der Waals surface area contributed by atoms with Crippen LogP contribution in [0.1, 0.15) is 42.4 Å². The molecule has 0 saturated carbocycles. The zero-order valence-electron chi connectivity index (χ0n) is 16.3. The number of ether oxygens (including phenoxy) is 2. The first-order chi connectivity index (χ1) is 13.2. The smallest absolute Gasteiger partial charge is 0.414 e. The number of benzene rings is 1. The molecule has 0 aliphatic carbocycles. The molecule has 0 unspecified atom stereocenters. The van der Waals surface area contributed by atoms with E-state index in [4.69, 9.17) is 15.2 Å². The quantitative estimate of drug-likeness (QED) is 0.799. The summed E-state index contributed by atoms with van der Waals surface area (Å²) in [5.41, 5.74) is 7.94. The van der Waals surface area contributed by atoms with Crippen LogP contribution in [0.15, 0.2) is 24.4 Å². The Balaban J connectivity index is 2.10. The van der Waals surface area contributed by atoms with Crippen LogP contribution in [-0.2, 0) is 15.9 Å². The van der Waals surface area contributed by atoms with E-state index in [1.165, 1.54) is 13.3 Å². The lowest BCUT2D eigenvalue weighted by atomic mass is 10.1. The third-order valence-corrected chi connectivity index (χ3v) is 4.42. The lowest BCUT2D eigenvalue weighted by Crippen LogP contribution is -2.35. The van der Waals surface area contributed by atoms with Gasteiger partial charge in [0.05, 0.1) is 29.7 Å². The van der Waals surface area contributed by atoms with Crippen molar-refractivity contribution in [2.24, 2.45) is 0 Å². The maximum atomic E-state index is 12.6. The highest BCUT2D eigenvalue weighted by molar-refractivity contribution is 5.97. The van der Waals surface area contributed by atoms with Crippen molar-refractivity contribution >= 4 is 23.4 Å². The van der Waals surface area contributed by atoms with Gasteiger partial charge in [0.2, 0.25) is 0 Å². The van der Waals surface area contributed by atoms with Gasteiger partial charge < -0.3 is 19.8 Å². The number of nitrogens with two attached hydrogens (primary N) is 1. The van der Waals surface area contributed by atoms with Gasteiger partial charge in [0.1, 0.15) is 11.7 Å². The maximum absolute atomic E-state index is 12.6. The van der Waals surface area contributed by atoms with Crippen molar-refractivity contribution in [1.82, 2.24) is 4.57 Å². The zero-order valence-corrected chi connectivity index (χ0v) is 16.3. The highest BCUT2D eigenvalue weighted by Crippen LogP contribution is 2.36. The molecule has 28 heavy (non-hydrogen) atoms. The molecule has 1 aliphatic rings. The highest BCUT2D eigenvalue weighted by Gasteiger charge is 2.32. The van der Waals surface area contributed by atoms with Gasteiger partial charge in [-0.15, -0.1) is 0 Å². The van der Waals surface area contributed by atoms with Gasteiger partial charge in [0, 0.05) is 18.3 Å². The molecule has 2 heterocycles. The molecule has 1 aromatic heterocycles. The summed E-state index contributed by atoms with van der Waals surface area (Å²) in [5.74, 6) is -0.640. The number of methoxy groups -OCH3 is 1. The third kappa shape index (κ3) is 3.27. The molecule has 1 amide bonds. The lowest BCUT2D eigenvalue weighted by Gasteiger charge is -2.25. The van der Waals surface area contributed by atoms with E-state index in [1.807, 2.05) is 39.0 Å². The lowest BCUT2D eigenvalue weighted by molar-refractivity contribution is 0.0577. The summed E-state index contributed by atoms with van der Waals surface area (Å²) >= 11 is 0. The maximum Gasteiger partial charge on any atom is 0.414 e. The van der Waals surface area contributed by atoms with Crippen molar-refractivity contribution in [1.29, 1.82) is 5.26 Å². The van der Waals surface area contributed by atoms with Crippen LogP contribution in [0, 0.1) is 11.3 Å². The summed E-state index contributed by atoms with van der Waals surface area (Å²) in [4.78, 5) is 26.4. The molecular formula is C20H22N4O4. The molecule has 0 fully saturated rings. The molecule has 0 saturated heterocycles. The summed E-state index contributed by atoms with van der Waals surface area (Å²) in [6, 6.07) is 7.40. The van der Waals surface area contributed by atoms with E-state index in [-0.39, 0.29) is 16.9 Å². The van der Waals surface area contributed by atoms with Crippen LogP contribution in [0.2, 0.25) is 0 Å². The summed E-state index contributed by atoms with van der Waals surface area (Å²) in [6.45, 7) is 5.89. The van der Waals surface area contributed by atoms with Gasteiger partial charge in [-0.2, -0.15) is 5.26 Å². The number of fused-ring (bicyclic) bond motifs is 1. The standard InChI is InChI=1S/C20H22N4O4/c1-20(2,3)28-19(26)23-9-8-13-14(23)6-5-7-15(13)24-11-12(10-21)16(22)17(24)18(25)27-4/h5-7,11H,8-9,22H2,1-4H3. The van der Waals surface area contributed by atoms with E-state index >= 15 is 0 Å². The molecule has 2 aromatic rings. The number of rotatable bonds is 2. The number of aromatic nitrogens is 1. The van der Waals surface area contributed by atoms with E-state index in [9.17, 15) is 14.9 Å². The zero-order chi connectivity index (χ0) is 20.6. The Kier molecular flexibility index (Phi) is 4.77. The fourth-order valence-electron chi connectivity index (χ4n) is 3.25. The van der Waals surface area contributed by atoms with E-state index in [0.29, 0.717) is 24.3 Å². The normalized spacial score (nSPS) is 13.0. The van der Waals surface area contributed by atoms with Gasteiger partial charge in [-0.1, -0.05) is 6.07 Å². The fraction of sp³-hybridized carbons (Fsp3) is 0.350. The number of nitrogens with zero attached hydrogens (tertiary/aromatic N) is 3. The molecule has 8 heteroatoms. The van der Waals surface area contributed by atoms with Gasteiger partial charge >= 0.3 is 12.1 Å². The number of nitriles is 1. The van der Waals surface area contributed by atoms with Gasteiger partial charge in [0.15, 0.2) is 5.69 Å². The van der Waals surface area contributed by atoms with Crippen molar-refractivity contribution in [2.75, 3.05) is 24.3 Å². The number of nitrogen functional groups attached to an aromatic ring is 1. The molecule has 2 N–H and O–H groups in total. The van der Waals surface area contributed by atoms with Crippen LogP contribution >= 0.6 is 0 Å². The molecular weight excluding hydrogens is 360 g/mol. The van der Waals surface area contributed by atoms with Crippen molar-refractivity contribution < 1.29 is 19.1 Å². The first-order valence-corrected chi connectivity index (χ1v) is 8.80. The van der Waals surface area contributed by atoms with Crippen LogP contribution < -0.4 is 10.6 Å². The largest absolute Gasteiger partial charge is 0.464 e. The Labute approximate surface area is 163 Å². The minimum absolute atomic E-state index is 0.0638. The summed E-state index contributed by atoms with van der Waals surface area (Å²) in [7, 11) is 1.25. The van der Waals surface area contributed by atoms with Crippen LogP contribution in [0.25, 0.3) is 5.69 Å². The average molecular weight is 382 g/mol. The Morgan fingerprint density at radius 3 is 2.54 bits per heavy atom. The number of carbonyl (C=O) groups excluding carboxylic acids is 2. The Morgan fingerprint density at radius 2 is 1.93 bits per heavy atom. The van der Waals surface area contributed by atoms with Crippen molar-refractivity contribution in [3.8, 4) is 11.8 Å². The monoisotopic (exact) mass is 382 g/mol. The molecule has 0 radical (unpaired) electrons. The summed E-state index contributed by atoms with van der Waals surface area (Å²) in [6.07, 6.45) is 1.65. The topological polar surface area (TPSA) is 111 Å². The Bertz CT molecular complexity index is 995. The predicted octanol–water partition coefficient (Wildman–Crippen LogP) is 3.02. The summed E-state index contributed by atoms with van der Waals surface area (Å²) < 4.78 is 11.9. The molecule has 3 rings (SSSR count). The van der Waals surface area contributed by atoms with Gasteiger partial charge in [-0.25, -0.2) is 9.59 Å². The molecule has 1 aliphatic heterocycles. The SMILES string of the molecule is COC(=O)c1c(N)c(C#N)cn1-c1cccc2c1CCN2C(=O)OC(C)(C)C. The predicted molar refractivity (Wildman–Crippen MR) is 104 cm³/mol. The Morgan fingerprint density at radius 1 is 1.25 bits per heavy atom. The number of carbonyl (C=O) groups is 2. The average Bonchev–Trinajstić information content (AvgIpc) is 3.20. The third-order valence-electron chi connectivity index (χ3n) is 4.42. The van der Waals surface area contributed by atoms with Crippen LogP contribution in [0.5, 0.6) is 0 Å². The van der Waals surface area contributed by atoms with Crippen LogP contribution in [-0.4, -0.2) is 35.9 Å². The van der Waals surface area contributed by atoms with Crippen molar-refractivity contribution in [3.05, 3.63) is 41.2 Å². The minimum atomic E-state index is -0.640. The second-order valence-corrected chi connectivity index (χ2v) is 7.44. The summed E-state index contributed by atoms with van der Waals surface area (Å²) in [5, 5.41) is 9.31. The first kappa shape index (κ1) is 19.3. The molecule has 0 bridgehead atoms. The van der Waals surface area contributed by atoms with Crippen LogP contribution in [0.3, 0.4) is 0 Å². The molecule has 1 aromatic carbocycles. The molecule has 146 valence electrons. The second-order valence-electron chi connectivity index (χ2n) is 7.44. The molecule has 8 nitrogen and oxygen atoms in total. The Hall–Kier alpha value is -3.47. The first-order valence-electron chi connectivity index (χ1n) is 8.80. The number of esters is 1. The van der Waals surface area contributed by atoms with E-state index in [0.717, 1.165) is 5.56 Å². The minimum Gasteiger partial charge on any atom is -0.464 e. The van der Waals surface area contributed by atoms with Gasteiger partial charge in [-0.05, 0) is 39.3 Å².